The molecule has 1 heterocycles. The van der Waals surface area contributed by atoms with Crippen LogP contribution in [-0.4, -0.2) is 47.7 Å². The Hall–Kier alpha value is -1.37. The van der Waals surface area contributed by atoms with Crippen LogP contribution in [0.5, 0.6) is 0 Å². The predicted molar refractivity (Wildman–Crippen MR) is 47.4 cm³/mol. The van der Waals surface area contributed by atoms with Gasteiger partial charge in [-0.3, -0.25) is 4.90 Å². The van der Waals surface area contributed by atoms with Gasteiger partial charge in [-0.25, -0.2) is 10.1 Å². The van der Waals surface area contributed by atoms with Crippen molar-refractivity contribution in [2.24, 2.45) is 5.10 Å². The molecule has 0 aromatic rings. The highest BCUT2D eigenvalue weighted by Crippen LogP contribution is 1.97. The van der Waals surface area contributed by atoms with E-state index in [1.54, 1.807) is 11.9 Å². The lowest BCUT2D eigenvalue weighted by atomic mass is 10.5. The van der Waals surface area contributed by atoms with Gasteiger partial charge in [-0.1, -0.05) is 6.92 Å². The van der Waals surface area contributed by atoms with Crippen molar-refractivity contribution in [3.05, 3.63) is 10.1 Å². The molecule has 0 unspecified atom stereocenters. The number of rotatable bonds is 2. The summed E-state index contributed by atoms with van der Waals surface area (Å²) < 4.78 is 0. The molecule has 0 spiro atoms. The van der Waals surface area contributed by atoms with Gasteiger partial charge >= 0.3 is 0 Å². The molecule has 7 nitrogen and oxygen atoms in total. The first-order valence-corrected chi connectivity index (χ1v) is 4.04. The third-order valence-corrected chi connectivity index (χ3v) is 1.86. The van der Waals surface area contributed by atoms with Crippen molar-refractivity contribution in [2.45, 2.75) is 6.92 Å². The van der Waals surface area contributed by atoms with Gasteiger partial charge in [0, 0.05) is 7.05 Å². The van der Waals surface area contributed by atoms with Crippen LogP contribution in [0.1, 0.15) is 6.92 Å². The fourth-order valence-electron chi connectivity index (χ4n) is 1.14. The van der Waals surface area contributed by atoms with E-state index in [0.717, 1.165) is 6.54 Å². The summed E-state index contributed by atoms with van der Waals surface area (Å²) in [7, 11) is 1.76. The molecule has 74 valence electrons. The number of nitro groups is 1. The van der Waals surface area contributed by atoms with E-state index in [4.69, 9.17) is 0 Å². The fourth-order valence-corrected chi connectivity index (χ4v) is 1.14. The molecule has 0 radical (unpaired) electrons. The molecule has 1 N–H and O–H groups in total. The fraction of sp³-hybridized carbons (Fsp3) is 0.833. The second-order valence-corrected chi connectivity index (χ2v) is 2.82. The second-order valence-electron chi connectivity index (χ2n) is 2.82. The first-order chi connectivity index (χ1) is 6.13. The number of hydrazone groups is 1. The average molecular weight is 187 g/mol. The van der Waals surface area contributed by atoms with Crippen LogP contribution in [0.25, 0.3) is 0 Å². The number of hydrogen-bond donors (Lipinski definition) is 1. The van der Waals surface area contributed by atoms with Crippen LogP contribution >= 0.6 is 0 Å². The van der Waals surface area contributed by atoms with Gasteiger partial charge < -0.3 is 10.2 Å². The molecule has 0 aromatic heterocycles. The topological polar surface area (TPSA) is 74.0 Å². The van der Waals surface area contributed by atoms with Crippen molar-refractivity contribution in [3.63, 3.8) is 0 Å². The molecular formula is C6H13N5O2. The molecule has 0 saturated carbocycles. The van der Waals surface area contributed by atoms with Crippen LogP contribution in [0.2, 0.25) is 0 Å². The van der Waals surface area contributed by atoms with Gasteiger partial charge in [0.2, 0.25) is 0 Å². The van der Waals surface area contributed by atoms with Crippen molar-refractivity contribution in [2.75, 3.05) is 26.9 Å². The summed E-state index contributed by atoms with van der Waals surface area (Å²) in [5.41, 5.74) is 0. The monoisotopic (exact) mass is 187 g/mol. The summed E-state index contributed by atoms with van der Waals surface area (Å²) in [5.74, 6) is 0.315. The van der Waals surface area contributed by atoms with Crippen molar-refractivity contribution in [3.8, 4) is 0 Å². The maximum Gasteiger partial charge on any atom is 0.273 e. The quantitative estimate of drug-likeness (QED) is 0.457. The highest BCUT2D eigenvalue weighted by atomic mass is 16.7. The number of hydrogen-bond acceptors (Lipinski definition) is 3. The number of guanidine groups is 1. The molecule has 1 fully saturated rings. The van der Waals surface area contributed by atoms with E-state index in [-0.39, 0.29) is 0 Å². The molecule has 13 heavy (non-hydrogen) atoms. The van der Waals surface area contributed by atoms with Gasteiger partial charge in [-0.2, -0.15) is 0 Å². The van der Waals surface area contributed by atoms with E-state index in [9.17, 15) is 10.1 Å². The van der Waals surface area contributed by atoms with E-state index in [0.29, 0.717) is 19.3 Å². The molecule has 0 atom stereocenters. The molecule has 7 heteroatoms. The Morgan fingerprint density at radius 3 is 2.92 bits per heavy atom. The Labute approximate surface area is 76.1 Å². The zero-order valence-electron chi connectivity index (χ0n) is 7.73. The lowest BCUT2D eigenvalue weighted by Gasteiger charge is -2.33. The normalized spacial score (nSPS) is 21.7. The zero-order chi connectivity index (χ0) is 9.84. The van der Waals surface area contributed by atoms with Gasteiger partial charge in [-0.15, -0.1) is 0 Å². The van der Waals surface area contributed by atoms with Crippen LogP contribution in [0.3, 0.4) is 0 Å². The lowest BCUT2D eigenvalue weighted by Crippen LogP contribution is -2.55. The summed E-state index contributed by atoms with van der Waals surface area (Å²) in [6.45, 7) is 4.21. The Balaban J connectivity index is 2.58. The molecule has 1 aliphatic rings. The van der Waals surface area contributed by atoms with E-state index in [1.807, 2.05) is 6.92 Å². The van der Waals surface area contributed by atoms with E-state index in [1.165, 1.54) is 0 Å². The van der Waals surface area contributed by atoms with Gasteiger partial charge in [-0.05, 0) is 6.54 Å². The summed E-state index contributed by atoms with van der Waals surface area (Å²) in [4.78, 5) is 13.9. The van der Waals surface area contributed by atoms with Crippen LogP contribution in [0, 0.1) is 10.1 Å². The minimum absolute atomic E-state index is 0.315. The minimum atomic E-state index is -0.694. The van der Waals surface area contributed by atoms with Crippen molar-refractivity contribution in [1.29, 1.82) is 0 Å². The first kappa shape index (κ1) is 9.72. The van der Waals surface area contributed by atoms with Gasteiger partial charge in [0.1, 0.15) is 5.10 Å². The summed E-state index contributed by atoms with van der Waals surface area (Å²) >= 11 is 0. The molecule has 0 aromatic carbocycles. The SMILES string of the molecule is CCN1CNC(=N[N+](=O)[O-])N(C)C1. The minimum Gasteiger partial charge on any atom is -0.338 e. The second kappa shape index (κ2) is 4.04. The summed E-state index contributed by atoms with van der Waals surface area (Å²) in [6.07, 6.45) is 0. The Morgan fingerprint density at radius 2 is 2.46 bits per heavy atom. The highest BCUT2D eigenvalue weighted by molar-refractivity contribution is 5.79. The maximum absolute atomic E-state index is 10.1. The van der Waals surface area contributed by atoms with E-state index < -0.39 is 5.03 Å². The lowest BCUT2D eigenvalue weighted by molar-refractivity contribution is -0.486. The Bertz CT molecular complexity index is 229. The summed E-state index contributed by atoms with van der Waals surface area (Å²) in [5, 5.41) is 15.5. The molecule has 0 amide bonds. The van der Waals surface area contributed by atoms with Crippen LogP contribution in [-0.2, 0) is 0 Å². The van der Waals surface area contributed by atoms with Crippen molar-refractivity contribution < 1.29 is 5.03 Å². The van der Waals surface area contributed by atoms with Crippen molar-refractivity contribution in [1.82, 2.24) is 15.1 Å². The third-order valence-electron chi connectivity index (χ3n) is 1.86. The van der Waals surface area contributed by atoms with E-state index >= 15 is 0 Å². The van der Waals surface area contributed by atoms with Crippen LogP contribution in [0.15, 0.2) is 5.10 Å². The number of nitrogens with zero attached hydrogens (tertiary/aromatic N) is 4. The number of nitrogens with one attached hydrogen (secondary N) is 1. The van der Waals surface area contributed by atoms with Gasteiger partial charge in [0.15, 0.2) is 5.03 Å². The molecule has 1 saturated heterocycles. The molecule has 1 aliphatic heterocycles. The van der Waals surface area contributed by atoms with Crippen LogP contribution in [0.4, 0.5) is 0 Å². The summed E-state index contributed by atoms with van der Waals surface area (Å²) in [6, 6.07) is 0. The average Bonchev–Trinajstić information content (AvgIpc) is 2.08. The maximum atomic E-state index is 10.1. The van der Waals surface area contributed by atoms with Crippen LogP contribution < -0.4 is 5.32 Å². The Kier molecular flexibility index (Phi) is 3.02. The predicted octanol–water partition coefficient (Wildman–Crippen LogP) is -0.694. The molecule has 0 aliphatic carbocycles. The molecular weight excluding hydrogens is 174 g/mol. The van der Waals surface area contributed by atoms with Gasteiger partial charge in [0.25, 0.3) is 5.96 Å². The largest absolute Gasteiger partial charge is 0.338 e. The third kappa shape index (κ3) is 2.55. The standard InChI is InChI=1S/C6H13N5O2/c1-3-10-4-7-6(8-11(12)13)9(2)5-10/h3-5H2,1-2H3,(H,7,8). The van der Waals surface area contributed by atoms with E-state index in [2.05, 4.69) is 15.3 Å². The van der Waals surface area contributed by atoms with Crippen molar-refractivity contribution >= 4 is 5.96 Å². The Morgan fingerprint density at radius 1 is 1.77 bits per heavy atom. The van der Waals surface area contributed by atoms with Gasteiger partial charge in [0.05, 0.1) is 13.3 Å². The molecule has 1 rings (SSSR count). The smallest absolute Gasteiger partial charge is 0.273 e. The molecule has 0 bridgehead atoms. The highest BCUT2D eigenvalue weighted by Gasteiger charge is 2.19. The first-order valence-electron chi connectivity index (χ1n) is 4.04. The zero-order valence-corrected chi connectivity index (χ0v) is 7.73.